The number of piperidine rings is 1. The molecule has 0 radical (unpaired) electrons. The highest BCUT2D eigenvalue weighted by Crippen LogP contribution is 2.26. The summed E-state index contributed by atoms with van der Waals surface area (Å²) >= 11 is 0. The highest BCUT2D eigenvalue weighted by molar-refractivity contribution is 5.10. The van der Waals surface area contributed by atoms with Gasteiger partial charge in [-0.15, -0.1) is 0 Å². The summed E-state index contributed by atoms with van der Waals surface area (Å²) in [5.74, 6) is 0. The fourth-order valence-electron chi connectivity index (χ4n) is 3.18. The van der Waals surface area contributed by atoms with Gasteiger partial charge in [0.25, 0.3) is 0 Å². The first-order valence-electron chi connectivity index (χ1n) is 7.19. The molecule has 1 heterocycles. The van der Waals surface area contributed by atoms with E-state index in [2.05, 4.69) is 23.2 Å². The molecule has 1 N–H and O–H groups in total. The molecule has 1 saturated heterocycles. The van der Waals surface area contributed by atoms with Crippen molar-refractivity contribution in [2.24, 2.45) is 0 Å². The van der Waals surface area contributed by atoms with Gasteiger partial charge in [-0.25, -0.2) is 0 Å². The summed E-state index contributed by atoms with van der Waals surface area (Å²) in [4.78, 5) is 2.44. The monoisotopic (exact) mass is 235 g/mol. The first-order valence-corrected chi connectivity index (χ1v) is 7.19. The zero-order chi connectivity index (χ0) is 12.1. The molecule has 1 saturated carbocycles. The van der Waals surface area contributed by atoms with Crippen molar-refractivity contribution < 1.29 is 0 Å². The lowest BCUT2D eigenvalue weighted by molar-refractivity contribution is 0.155. The second kappa shape index (κ2) is 5.84. The van der Waals surface area contributed by atoms with Crippen molar-refractivity contribution >= 4 is 0 Å². The van der Waals surface area contributed by atoms with Crippen molar-refractivity contribution in [2.45, 2.75) is 63.5 Å². The average Bonchev–Trinajstić information content (AvgIpc) is 2.41. The molecular weight excluding hydrogens is 210 g/mol. The van der Waals surface area contributed by atoms with Gasteiger partial charge < -0.3 is 4.90 Å². The fraction of sp³-hybridized carbons (Fsp3) is 0.929. The summed E-state index contributed by atoms with van der Waals surface area (Å²) < 4.78 is 0. The zero-order valence-electron chi connectivity index (χ0n) is 11.0. The maximum Gasteiger partial charge on any atom is 0.109 e. The van der Waals surface area contributed by atoms with Crippen LogP contribution in [0.5, 0.6) is 0 Å². The largest absolute Gasteiger partial charge is 0.303 e. The summed E-state index contributed by atoms with van der Waals surface area (Å²) in [6.07, 6.45) is 8.56. The minimum Gasteiger partial charge on any atom is -0.303 e. The summed E-state index contributed by atoms with van der Waals surface area (Å²) in [5.41, 5.74) is -0.228. The van der Waals surface area contributed by atoms with Crippen molar-refractivity contribution in [1.82, 2.24) is 10.2 Å². The van der Waals surface area contributed by atoms with Crippen molar-refractivity contribution in [2.75, 3.05) is 19.6 Å². The lowest BCUT2D eigenvalue weighted by Gasteiger charge is -2.40. The Bertz CT molecular complexity index is 268. The van der Waals surface area contributed by atoms with E-state index in [1.165, 1.54) is 32.1 Å². The van der Waals surface area contributed by atoms with Gasteiger partial charge in [0.1, 0.15) is 5.54 Å². The molecule has 0 spiro atoms. The predicted molar refractivity (Wildman–Crippen MR) is 69.7 cm³/mol. The molecule has 0 bridgehead atoms. The van der Waals surface area contributed by atoms with Gasteiger partial charge in [-0.3, -0.25) is 5.32 Å². The molecular formula is C14H25N3. The van der Waals surface area contributed by atoms with Gasteiger partial charge in [0.15, 0.2) is 0 Å². The second-order valence-electron chi connectivity index (χ2n) is 5.61. The normalized spacial score (nSPS) is 26.6. The van der Waals surface area contributed by atoms with Crippen molar-refractivity contribution in [3.05, 3.63) is 0 Å². The van der Waals surface area contributed by atoms with Crippen LogP contribution < -0.4 is 5.32 Å². The first-order chi connectivity index (χ1) is 8.28. The third kappa shape index (κ3) is 3.20. The molecule has 0 atom stereocenters. The van der Waals surface area contributed by atoms with Crippen LogP contribution >= 0.6 is 0 Å². The maximum absolute atomic E-state index is 9.50. The van der Waals surface area contributed by atoms with E-state index < -0.39 is 0 Å². The summed E-state index contributed by atoms with van der Waals surface area (Å²) in [7, 11) is 0. The van der Waals surface area contributed by atoms with E-state index in [1.54, 1.807) is 0 Å². The average molecular weight is 235 g/mol. The number of nitriles is 1. The summed E-state index contributed by atoms with van der Waals surface area (Å²) in [6.45, 7) is 5.46. The minimum atomic E-state index is -0.228. The molecule has 2 fully saturated rings. The van der Waals surface area contributed by atoms with Gasteiger partial charge in [0.05, 0.1) is 6.07 Å². The first kappa shape index (κ1) is 12.9. The van der Waals surface area contributed by atoms with Gasteiger partial charge in [-0.1, -0.05) is 26.2 Å². The molecule has 0 amide bonds. The van der Waals surface area contributed by atoms with Crippen LogP contribution in [-0.2, 0) is 0 Å². The number of hydrogen-bond donors (Lipinski definition) is 1. The van der Waals surface area contributed by atoms with Crippen molar-refractivity contribution in [1.29, 1.82) is 5.26 Å². The van der Waals surface area contributed by atoms with Crippen LogP contribution in [0.1, 0.15) is 51.9 Å². The van der Waals surface area contributed by atoms with Crippen LogP contribution in [0, 0.1) is 11.3 Å². The minimum absolute atomic E-state index is 0.228. The van der Waals surface area contributed by atoms with E-state index in [0.717, 1.165) is 32.5 Å². The molecule has 3 nitrogen and oxygen atoms in total. The lowest BCUT2D eigenvalue weighted by atomic mass is 9.85. The standard InChI is InChI=1S/C14H25N3/c1-2-17-10-8-14(12-15,9-11-17)16-13-6-4-3-5-7-13/h13,16H,2-11H2,1H3. The van der Waals surface area contributed by atoms with E-state index in [-0.39, 0.29) is 5.54 Å². The quantitative estimate of drug-likeness (QED) is 0.815. The summed E-state index contributed by atoms with van der Waals surface area (Å²) in [5, 5.41) is 13.2. The molecule has 17 heavy (non-hydrogen) atoms. The molecule has 3 heteroatoms. The molecule has 2 rings (SSSR count). The van der Waals surface area contributed by atoms with E-state index in [9.17, 15) is 5.26 Å². The Morgan fingerprint density at radius 2 is 1.88 bits per heavy atom. The Kier molecular flexibility index (Phi) is 4.42. The maximum atomic E-state index is 9.50. The third-order valence-electron chi connectivity index (χ3n) is 4.46. The van der Waals surface area contributed by atoms with Crippen LogP contribution in [0.25, 0.3) is 0 Å². The Labute approximate surface area is 105 Å². The molecule has 0 unspecified atom stereocenters. The van der Waals surface area contributed by atoms with E-state index >= 15 is 0 Å². The number of nitrogens with one attached hydrogen (secondary N) is 1. The Hall–Kier alpha value is -0.590. The number of rotatable bonds is 3. The number of nitrogens with zero attached hydrogens (tertiary/aromatic N) is 2. The van der Waals surface area contributed by atoms with Crippen LogP contribution in [0.4, 0.5) is 0 Å². The molecule has 2 aliphatic rings. The third-order valence-corrected chi connectivity index (χ3v) is 4.46. The van der Waals surface area contributed by atoms with Gasteiger partial charge in [-0.2, -0.15) is 5.26 Å². The van der Waals surface area contributed by atoms with E-state index in [1.807, 2.05) is 0 Å². The SMILES string of the molecule is CCN1CCC(C#N)(NC2CCCCC2)CC1. The topological polar surface area (TPSA) is 39.1 Å². The lowest BCUT2D eigenvalue weighted by Crippen LogP contribution is -2.56. The van der Waals surface area contributed by atoms with Gasteiger partial charge in [0, 0.05) is 19.1 Å². The Morgan fingerprint density at radius 1 is 1.24 bits per heavy atom. The summed E-state index contributed by atoms with van der Waals surface area (Å²) in [6, 6.07) is 3.17. The molecule has 1 aliphatic heterocycles. The molecule has 0 aromatic rings. The van der Waals surface area contributed by atoms with Crippen LogP contribution in [0.2, 0.25) is 0 Å². The second-order valence-corrected chi connectivity index (χ2v) is 5.61. The van der Waals surface area contributed by atoms with Crippen LogP contribution in [0.15, 0.2) is 0 Å². The molecule has 0 aromatic heterocycles. The number of hydrogen-bond acceptors (Lipinski definition) is 3. The molecule has 96 valence electrons. The van der Waals surface area contributed by atoms with Crippen LogP contribution in [0.3, 0.4) is 0 Å². The van der Waals surface area contributed by atoms with Gasteiger partial charge >= 0.3 is 0 Å². The van der Waals surface area contributed by atoms with Gasteiger partial charge in [0.2, 0.25) is 0 Å². The highest BCUT2D eigenvalue weighted by Gasteiger charge is 2.36. The fourth-order valence-corrected chi connectivity index (χ4v) is 3.18. The van der Waals surface area contributed by atoms with E-state index in [4.69, 9.17) is 0 Å². The predicted octanol–water partition coefficient (Wildman–Crippen LogP) is 2.29. The van der Waals surface area contributed by atoms with Crippen LogP contribution in [-0.4, -0.2) is 36.1 Å². The Balaban J connectivity index is 1.89. The number of likely N-dealkylation sites (tertiary alicyclic amines) is 1. The van der Waals surface area contributed by atoms with Gasteiger partial charge in [-0.05, 0) is 32.2 Å². The van der Waals surface area contributed by atoms with Crippen molar-refractivity contribution in [3.63, 3.8) is 0 Å². The zero-order valence-corrected chi connectivity index (χ0v) is 11.0. The Morgan fingerprint density at radius 3 is 2.41 bits per heavy atom. The molecule has 1 aliphatic carbocycles. The molecule has 0 aromatic carbocycles. The van der Waals surface area contributed by atoms with E-state index in [0.29, 0.717) is 6.04 Å². The highest BCUT2D eigenvalue weighted by atomic mass is 15.2. The smallest absolute Gasteiger partial charge is 0.109 e. The van der Waals surface area contributed by atoms with Crippen molar-refractivity contribution in [3.8, 4) is 6.07 Å².